The number of aromatic amines is 1. The highest BCUT2D eigenvalue weighted by Crippen LogP contribution is 1.99. The molecule has 1 heterocycles. The maximum Gasteiger partial charge on any atom is 0.326 e. The molecule has 10 N–H and O–H groups in total. The summed E-state index contributed by atoms with van der Waals surface area (Å²) in [5, 5.41) is 24.9. The molecule has 4 amide bonds. The third-order valence-electron chi connectivity index (χ3n) is 3.61. The van der Waals surface area contributed by atoms with Crippen molar-refractivity contribution in [2.24, 2.45) is 11.5 Å². The van der Waals surface area contributed by atoms with E-state index in [2.05, 4.69) is 25.9 Å². The number of aromatic nitrogens is 2. The highest BCUT2D eigenvalue weighted by molar-refractivity contribution is 5.93. The topological polar surface area (TPSA) is 243 Å². The van der Waals surface area contributed by atoms with E-state index in [1.54, 1.807) is 0 Å². The summed E-state index contributed by atoms with van der Waals surface area (Å²) in [6, 6.07) is -4.01. The van der Waals surface area contributed by atoms with Gasteiger partial charge in [0.2, 0.25) is 23.6 Å². The summed E-state index contributed by atoms with van der Waals surface area (Å²) in [5.74, 6) is -4.73. The lowest BCUT2D eigenvalue weighted by Gasteiger charge is -2.19. The molecule has 0 saturated carbocycles. The molecule has 3 unspecified atom stereocenters. The van der Waals surface area contributed by atoms with E-state index in [1.807, 2.05) is 0 Å². The van der Waals surface area contributed by atoms with Gasteiger partial charge in [0.05, 0.1) is 31.9 Å². The van der Waals surface area contributed by atoms with Gasteiger partial charge in [-0.05, 0) is 0 Å². The van der Waals surface area contributed by atoms with E-state index < -0.39 is 67.3 Å². The van der Waals surface area contributed by atoms with Crippen molar-refractivity contribution in [1.82, 2.24) is 25.9 Å². The van der Waals surface area contributed by atoms with Crippen molar-refractivity contribution in [3.8, 4) is 0 Å². The summed E-state index contributed by atoms with van der Waals surface area (Å²) < 4.78 is 0. The van der Waals surface area contributed by atoms with Gasteiger partial charge in [0.25, 0.3) is 0 Å². The molecule has 0 spiro atoms. The van der Waals surface area contributed by atoms with E-state index in [9.17, 15) is 34.2 Å². The zero-order chi connectivity index (χ0) is 22.0. The Morgan fingerprint density at radius 1 is 1.14 bits per heavy atom. The number of carboxylic acids is 1. The number of rotatable bonds is 12. The van der Waals surface area contributed by atoms with Gasteiger partial charge in [0.15, 0.2) is 0 Å². The summed E-state index contributed by atoms with van der Waals surface area (Å²) in [7, 11) is 0. The first kappa shape index (κ1) is 23.5. The summed E-state index contributed by atoms with van der Waals surface area (Å²) in [6.45, 7) is -1.41. The normalized spacial score (nSPS) is 13.6. The average molecular weight is 413 g/mol. The monoisotopic (exact) mass is 413 g/mol. The van der Waals surface area contributed by atoms with Crippen molar-refractivity contribution in [3.63, 3.8) is 0 Å². The van der Waals surface area contributed by atoms with Crippen LogP contribution in [0.5, 0.6) is 0 Å². The van der Waals surface area contributed by atoms with Crippen LogP contribution in [-0.2, 0) is 30.4 Å². The van der Waals surface area contributed by atoms with Crippen molar-refractivity contribution in [2.45, 2.75) is 31.0 Å². The first-order valence-electron chi connectivity index (χ1n) is 8.36. The second-order valence-electron chi connectivity index (χ2n) is 5.98. The maximum absolute atomic E-state index is 12.0. The van der Waals surface area contributed by atoms with Crippen LogP contribution in [0.4, 0.5) is 0 Å². The largest absolute Gasteiger partial charge is 0.480 e. The lowest BCUT2D eigenvalue weighted by atomic mass is 10.1. The smallest absolute Gasteiger partial charge is 0.326 e. The zero-order valence-electron chi connectivity index (χ0n) is 15.3. The van der Waals surface area contributed by atoms with Gasteiger partial charge in [-0.25, -0.2) is 9.78 Å². The van der Waals surface area contributed by atoms with Gasteiger partial charge in [-0.15, -0.1) is 0 Å². The third kappa shape index (κ3) is 8.35. The molecule has 29 heavy (non-hydrogen) atoms. The van der Waals surface area contributed by atoms with Gasteiger partial charge >= 0.3 is 5.97 Å². The molecule has 0 bridgehead atoms. The van der Waals surface area contributed by atoms with Crippen LogP contribution in [-0.4, -0.2) is 81.1 Å². The van der Waals surface area contributed by atoms with Crippen molar-refractivity contribution in [1.29, 1.82) is 0 Å². The Morgan fingerprint density at radius 3 is 2.34 bits per heavy atom. The molecule has 14 heteroatoms. The number of carboxylic acid groups (broad SMARTS) is 1. The molecule has 14 nitrogen and oxygen atoms in total. The number of nitrogens with two attached hydrogens (primary N) is 2. The number of hydrogen-bond donors (Lipinski definition) is 8. The van der Waals surface area contributed by atoms with Crippen molar-refractivity contribution < 1.29 is 34.2 Å². The van der Waals surface area contributed by atoms with Crippen LogP contribution in [0.3, 0.4) is 0 Å². The quantitative estimate of drug-likeness (QED) is 0.164. The highest BCUT2D eigenvalue weighted by atomic mass is 16.4. The first-order valence-corrected chi connectivity index (χ1v) is 8.36. The molecule has 3 atom stereocenters. The molecular weight excluding hydrogens is 390 g/mol. The Labute approximate surface area is 164 Å². The molecule has 0 aliphatic rings. The fourth-order valence-electron chi connectivity index (χ4n) is 2.13. The van der Waals surface area contributed by atoms with E-state index in [1.165, 1.54) is 12.5 Å². The van der Waals surface area contributed by atoms with Crippen LogP contribution >= 0.6 is 0 Å². The summed E-state index contributed by atoms with van der Waals surface area (Å²) in [6.07, 6.45) is 2.25. The number of aliphatic carboxylic acids is 1. The highest BCUT2D eigenvalue weighted by Gasteiger charge is 2.25. The maximum atomic E-state index is 12.0. The minimum Gasteiger partial charge on any atom is -0.480 e. The second kappa shape index (κ2) is 11.4. The number of aliphatic hydroxyl groups excluding tert-OH is 1. The Morgan fingerprint density at radius 2 is 1.83 bits per heavy atom. The van der Waals surface area contributed by atoms with Crippen LogP contribution in [0.2, 0.25) is 0 Å². The number of nitrogens with zero attached hydrogens (tertiary/aromatic N) is 1. The molecule has 160 valence electrons. The number of H-pyrrole nitrogens is 1. The second-order valence-corrected chi connectivity index (χ2v) is 5.98. The molecule has 1 rings (SSSR count). The molecule has 0 radical (unpaired) electrons. The van der Waals surface area contributed by atoms with Crippen molar-refractivity contribution >= 4 is 29.6 Å². The number of primary amides is 1. The number of imidazole rings is 1. The minimum atomic E-state index is -1.44. The van der Waals surface area contributed by atoms with E-state index in [0.29, 0.717) is 5.69 Å². The molecule has 0 aliphatic carbocycles. The van der Waals surface area contributed by atoms with Gasteiger partial charge < -0.3 is 42.6 Å². The molecule has 0 saturated heterocycles. The molecule has 1 aromatic rings. The standard InChI is InChI=1S/C15H23N7O7/c16-8(2-11(17)24)13(26)22-10(5-23)14(27)19-4-12(25)21-9(15(28)29)1-7-3-18-6-20-7/h3,6,8-10,23H,1-2,4-5,16H2,(H2,17,24)(H,18,20)(H,19,27)(H,21,25)(H,22,26)(H,28,29). The Kier molecular flexibility index (Phi) is 9.21. The third-order valence-corrected chi connectivity index (χ3v) is 3.61. The Balaban J connectivity index is 2.52. The van der Waals surface area contributed by atoms with E-state index in [-0.39, 0.29) is 6.42 Å². The number of amides is 4. The Bertz CT molecular complexity index is 737. The predicted octanol–water partition coefficient (Wildman–Crippen LogP) is -4.68. The van der Waals surface area contributed by atoms with Gasteiger partial charge in [0.1, 0.15) is 12.1 Å². The summed E-state index contributed by atoms with van der Waals surface area (Å²) in [5.41, 5.74) is 10.8. The van der Waals surface area contributed by atoms with Gasteiger partial charge in [0, 0.05) is 18.3 Å². The number of carbonyl (C=O) groups is 5. The first-order chi connectivity index (χ1) is 13.6. The summed E-state index contributed by atoms with van der Waals surface area (Å²) in [4.78, 5) is 64.2. The van der Waals surface area contributed by atoms with Crippen LogP contribution < -0.4 is 27.4 Å². The molecule has 1 aromatic heterocycles. The average Bonchev–Trinajstić information content (AvgIpc) is 3.15. The van der Waals surface area contributed by atoms with Crippen molar-refractivity contribution in [2.75, 3.05) is 13.2 Å². The Hall–Kier alpha value is -3.52. The lowest BCUT2D eigenvalue weighted by molar-refractivity contribution is -0.141. The fourth-order valence-corrected chi connectivity index (χ4v) is 2.13. The van der Waals surface area contributed by atoms with Gasteiger partial charge in [-0.3, -0.25) is 19.2 Å². The van der Waals surface area contributed by atoms with Crippen LogP contribution in [0, 0.1) is 0 Å². The molecule has 0 fully saturated rings. The lowest BCUT2D eigenvalue weighted by Crippen LogP contribution is -2.55. The van der Waals surface area contributed by atoms with E-state index in [4.69, 9.17) is 11.5 Å². The van der Waals surface area contributed by atoms with Crippen LogP contribution in [0.1, 0.15) is 12.1 Å². The van der Waals surface area contributed by atoms with E-state index >= 15 is 0 Å². The van der Waals surface area contributed by atoms with Crippen LogP contribution in [0.25, 0.3) is 0 Å². The number of hydrogen-bond acceptors (Lipinski definition) is 8. The molecular formula is C15H23N7O7. The van der Waals surface area contributed by atoms with Gasteiger partial charge in [-0.1, -0.05) is 0 Å². The number of aliphatic hydroxyl groups is 1. The fraction of sp³-hybridized carbons (Fsp3) is 0.467. The van der Waals surface area contributed by atoms with Crippen molar-refractivity contribution in [3.05, 3.63) is 18.2 Å². The van der Waals surface area contributed by atoms with Gasteiger partial charge in [-0.2, -0.15) is 0 Å². The van der Waals surface area contributed by atoms with Crippen LogP contribution in [0.15, 0.2) is 12.5 Å². The number of nitrogens with one attached hydrogen (secondary N) is 4. The SMILES string of the molecule is NC(=O)CC(N)C(=O)NC(CO)C(=O)NCC(=O)NC(Cc1cnc[nH]1)C(=O)O. The zero-order valence-corrected chi connectivity index (χ0v) is 15.3. The number of carbonyl (C=O) groups excluding carboxylic acids is 4. The molecule has 0 aliphatic heterocycles. The molecule has 0 aromatic carbocycles. The predicted molar refractivity (Wildman–Crippen MR) is 95.7 cm³/mol. The minimum absolute atomic E-state index is 0.0535. The summed E-state index contributed by atoms with van der Waals surface area (Å²) >= 11 is 0. The van der Waals surface area contributed by atoms with E-state index in [0.717, 1.165) is 0 Å².